The zero-order valence-electron chi connectivity index (χ0n) is 7.48. The molecule has 66 valence electrons. The number of carbonyl (C=O) groups is 1. The van der Waals surface area contributed by atoms with Crippen molar-refractivity contribution in [3.05, 3.63) is 0 Å². The average molecular weight is 159 g/mol. The first kappa shape index (κ1) is 10.4. The van der Waals surface area contributed by atoms with Crippen LogP contribution < -0.4 is 10.6 Å². The van der Waals surface area contributed by atoms with Gasteiger partial charge in [0.05, 0.1) is 6.54 Å². The lowest BCUT2D eigenvalue weighted by Crippen LogP contribution is -2.35. The fourth-order valence-electron chi connectivity index (χ4n) is 0.593. The molecule has 0 aliphatic heterocycles. The van der Waals surface area contributed by atoms with Gasteiger partial charge in [-0.15, -0.1) is 0 Å². The molecule has 0 aromatic heterocycles. The van der Waals surface area contributed by atoms with Gasteiger partial charge in [0.15, 0.2) is 0 Å². The van der Waals surface area contributed by atoms with Gasteiger partial charge in [-0.2, -0.15) is 0 Å². The Hall–Kier alpha value is -0.610. The molecule has 0 atom stereocenters. The summed E-state index contributed by atoms with van der Waals surface area (Å²) in [7, 11) is 5.64. The maximum Gasteiger partial charge on any atom is 0.233 e. The first-order valence-electron chi connectivity index (χ1n) is 3.73. The number of nitrogens with one attached hydrogen (secondary N) is 2. The van der Waals surface area contributed by atoms with Crippen LogP contribution in [0.2, 0.25) is 0 Å². The van der Waals surface area contributed by atoms with Crippen LogP contribution in [-0.2, 0) is 4.79 Å². The van der Waals surface area contributed by atoms with Crippen molar-refractivity contribution in [3.8, 4) is 0 Å². The number of likely N-dealkylation sites (N-methyl/N-ethyl adjacent to an activating group) is 2. The number of nitrogens with zero attached hydrogens (tertiary/aromatic N) is 1. The molecule has 0 unspecified atom stereocenters. The van der Waals surface area contributed by atoms with Gasteiger partial charge < -0.3 is 15.5 Å². The molecular formula is C7H17N3O. The van der Waals surface area contributed by atoms with E-state index in [1.165, 1.54) is 0 Å². The fraction of sp³-hybridized carbons (Fsp3) is 0.857. The summed E-state index contributed by atoms with van der Waals surface area (Å²) in [6.45, 7) is 2.21. The Bertz CT molecular complexity index is 114. The quantitative estimate of drug-likeness (QED) is 0.500. The van der Waals surface area contributed by atoms with Gasteiger partial charge in [0, 0.05) is 20.1 Å². The Morgan fingerprint density at radius 3 is 2.55 bits per heavy atom. The van der Waals surface area contributed by atoms with Gasteiger partial charge in [0.2, 0.25) is 5.91 Å². The highest BCUT2D eigenvalue weighted by molar-refractivity contribution is 5.77. The Morgan fingerprint density at radius 2 is 2.09 bits per heavy atom. The molecule has 11 heavy (non-hydrogen) atoms. The lowest BCUT2D eigenvalue weighted by atomic mass is 10.5. The van der Waals surface area contributed by atoms with Gasteiger partial charge in [0.25, 0.3) is 0 Å². The van der Waals surface area contributed by atoms with Crippen LogP contribution in [-0.4, -0.2) is 51.6 Å². The highest BCUT2D eigenvalue weighted by atomic mass is 16.1. The minimum Gasteiger partial charge on any atom is -0.358 e. The van der Waals surface area contributed by atoms with Crippen molar-refractivity contribution in [2.24, 2.45) is 0 Å². The van der Waals surface area contributed by atoms with Crippen molar-refractivity contribution in [3.63, 3.8) is 0 Å². The second-order valence-corrected chi connectivity index (χ2v) is 2.65. The molecule has 0 aliphatic rings. The summed E-state index contributed by atoms with van der Waals surface area (Å²) in [5.41, 5.74) is 0. The van der Waals surface area contributed by atoms with E-state index in [-0.39, 0.29) is 5.91 Å². The van der Waals surface area contributed by atoms with E-state index < -0.39 is 0 Å². The Balaban J connectivity index is 3.08. The maximum absolute atomic E-state index is 10.7. The molecule has 0 heterocycles. The smallest absolute Gasteiger partial charge is 0.233 e. The molecule has 0 aliphatic carbocycles. The van der Waals surface area contributed by atoms with Crippen molar-refractivity contribution < 1.29 is 4.79 Å². The molecule has 2 N–H and O–H groups in total. The molecule has 0 radical (unpaired) electrons. The zero-order valence-corrected chi connectivity index (χ0v) is 7.48. The van der Waals surface area contributed by atoms with Crippen molar-refractivity contribution in [2.75, 3.05) is 40.8 Å². The minimum atomic E-state index is 0.0313. The van der Waals surface area contributed by atoms with E-state index >= 15 is 0 Å². The van der Waals surface area contributed by atoms with Crippen LogP contribution in [0.15, 0.2) is 0 Å². The molecule has 0 bridgehead atoms. The molecule has 0 fully saturated rings. The van der Waals surface area contributed by atoms with Crippen molar-refractivity contribution in [2.45, 2.75) is 0 Å². The standard InChI is InChI=1S/C7H17N3O/c1-8-7(11)6-9-4-5-10(2)3/h9H,4-6H2,1-3H3,(H,8,11). The molecule has 0 saturated carbocycles. The predicted octanol–water partition coefficient (Wildman–Crippen LogP) is -1.12. The highest BCUT2D eigenvalue weighted by Crippen LogP contribution is 1.69. The van der Waals surface area contributed by atoms with Crippen LogP contribution in [0.5, 0.6) is 0 Å². The molecule has 4 nitrogen and oxygen atoms in total. The molecular weight excluding hydrogens is 142 g/mol. The van der Waals surface area contributed by atoms with Crippen LogP contribution in [0.25, 0.3) is 0 Å². The SMILES string of the molecule is CNC(=O)CNCCN(C)C. The molecule has 4 heteroatoms. The number of hydrogen-bond donors (Lipinski definition) is 2. The normalized spacial score (nSPS) is 10.2. The molecule has 0 rings (SSSR count). The minimum absolute atomic E-state index is 0.0313. The molecule has 0 aromatic carbocycles. The third-order valence-corrected chi connectivity index (χ3v) is 1.30. The van der Waals surface area contributed by atoms with E-state index in [9.17, 15) is 4.79 Å². The zero-order chi connectivity index (χ0) is 8.69. The Kier molecular flexibility index (Phi) is 5.78. The summed E-state index contributed by atoms with van der Waals surface area (Å²) in [5.74, 6) is 0.0313. The molecule has 1 amide bonds. The molecule has 0 spiro atoms. The predicted molar refractivity (Wildman–Crippen MR) is 45.5 cm³/mol. The van der Waals surface area contributed by atoms with E-state index in [0.29, 0.717) is 6.54 Å². The van der Waals surface area contributed by atoms with Gasteiger partial charge in [-0.05, 0) is 14.1 Å². The van der Waals surface area contributed by atoms with E-state index in [4.69, 9.17) is 0 Å². The van der Waals surface area contributed by atoms with Crippen LogP contribution in [0.1, 0.15) is 0 Å². The second-order valence-electron chi connectivity index (χ2n) is 2.65. The van der Waals surface area contributed by atoms with Crippen molar-refractivity contribution in [1.82, 2.24) is 15.5 Å². The van der Waals surface area contributed by atoms with Gasteiger partial charge in [-0.1, -0.05) is 0 Å². The van der Waals surface area contributed by atoms with E-state index in [1.807, 2.05) is 14.1 Å². The van der Waals surface area contributed by atoms with E-state index in [2.05, 4.69) is 15.5 Å². The molecule has 0 aromatic rings. The Labute approximate surface area is 67.9 Å². The van der Waals surface area contributed by atoms with Crippen LogP contribution in [0, 0.1) is 0 Å². The Morgan fingerprint density at radius 1 is 1.45 bits per heavy atom. The second kappa shape index (κ2) is 6.12. The summed E-state index contributed by atoms with van der Waals surface area (Å²) in [4.78, 5) is 12.7. The summed E-state index contributed by atoms with van der Waals surface area (Å²) in [6, 6.07) is 0. The largest absolute Gasteiger partial charge is 0.358 e. The maximum atomic E-state index is 10.7. The number of hydrogen-bond acceptors (Lipinski definition) is 3. The number of rotatable bonds is 5. The summed E-state index contributed by atoms with van der Waals surface area (Å²) < 4.78 is 0. The number of carbonyl (C=O) groups excluding carboxylic acids is 1. The van der Waals surface area contributed by atoms with Gasteiger partial charge >= 0.3 is 0 Å². The van der Waals surface area contributed by atoms with Crippen molar-refractivity contribution >= 4 is 5.91 Å². The third kappa shape index (κ3) is 7.29. The number of amides is 1. The van der Waals surface area contributed by atoms with E-state index in [1.54, 1.807) is 7.05 Å². The monoisotopic (exact) mass is 159 g/mol. The summed E-state index contributed by atoms with van der Waals surface area (Å²) in [5, 5.41) is 5.55. The van der Waals surface area contributed by atoms with Crippen LogP contribution >= 0.6 is 0 Å². The average Bonchev–Trinajstić information content (AvgIpc) is 1.97. The summed E-state index contributed by atoms with van der Waals surface area (Å²) in [6.07, 6.45) is 0. The van der Waals surface area contributed by atoms with Crippen LogP contribution in [0.4, 0.5) is 0 Å². The fourth-order valence-corrected chi connectivity index (χ4v) is 0.593. The van der Waals surface area contributed by atoms with Gasteiger partial charge in [-0.25, -0.2) is 0 Å². The van der Waals surface area contributed by atoms with Crippen molar-refractivity contribution in [1.29, 1.82) is 0 Å². The van der Waals surface area contributed by atoms with E-state index in [0.717, 1.165) is 13.1 Å². The first-order valence-corrected chi connectivity index (χ1v) is 3.73. The summed E-state index contributed by atoms with van der Waals surface area (Å²) >= 11 is 0. The lowest BCUT2D eigenvalue weighted by Gasteiger charge is -2.09. The van der Waals surface area contributed by atoms with Gasteiger partial charge in [0.1, 0.15) is 0 Å². The molecule has 0 saturated heterocycles. The third-order valence-electron chi connectivity index (χ3n) is 1.30. The van der Waals surface area contributed by atoms with Crippen LogP contribution in [0.3, 0.4) is 0 Å². The lowest BCUT2D eigenvalue weighted by molar-refractivity contribution is -0.119. The first-order chi connectivity index (χ1) is 5.16. The van der Waals surface area contributed by atoms with Gasteiger partial charge in [-0.3, -0.25) is 4.79 Å². The highest BCUT2D eigenvalue weighted by Gasteiger charge is 1.95. The topological polar surface area (TPSA) is 44.4 Å².